The molecule has 89 heavy (non-hydrogen) atoms. The first-order valence-electron chi connectivity index (χ1n) is 34.2. The van der Waals surface area contributed by atoms with Gasteiger partial charge in [0.1, 0.15) is 13.2 Å². The number of hydrogen-bond donors (Lipinski definition) is 0. The van der Waals surface area contributed by atoms with Crippen LogP contribution in [-0.4, -0.2) is 82.3 Å². The summed E-state index contributed by atoms with van der Waals surface area (Å²) in [4.78, 5) is 37.5. The highest BCUT2D eigenvalue weighted by Crippen LogP contribution is 2.14. The number of hydrogen-bond acceptors (Lipinski definition) is 8. The van der Waals surface area contributed by atoms with Crippen LogP contribution in [0.1, 0.15) is 219 Å². The molecule has 9 nitrogen and oxygen atoms in total. The topological polar surface area (TPSA) is 111 Å². The minimum atomic E-state index is -1.65. The van der Waals surface area contributed by atoms with Crippen LogP contribution in [0.15, 0.2) is 207 Å². The quantitative estimate of drug-likeness (QED) is 0.0195. The molecule has 0 fully saturated rings. The molecule has 0 rings (SSSR count). The van der Waals surface area contributed by atoms with Crippen LogP contribution in [0.4, 0.5) is 0 Å². The fourth-order valence-electron chi connectivity index (χ4n) is 8.37. The van der Waals surface area contributed by atoms with Crippen LogP contribution < -0.4 is 5.11 Å². The molecule has 9 heteroatoms. The van der Waals surface area contributed by atoms with Gasteiger partial charge in [0.25, 0.3) is 0 Å². The Hall–Kier alpha value is -6.13. The van der Waals surface area contributed by atoms with Crippen molar-refractivity contribution in [2.24, 2.45) is 0 Å². The second kappa shape index (κ2) is 67.8. The van der Waals surface area contributed by atoms with Gasteiger partial charge in [-0.05, 0) is 148 Å². The van der Waals surface area contributed by atoms with E-state index in [0.717, 1.165) is 148 Å². The number of ether oxygens (including phenoxy) is 4. The third-order valence-corrected chi connectivity index (χ3v) is 13.5. The van der Waals surface area contributed by atoms with E-state index in [1.165, 1.54) is 32.1 Å². The summed E-state index contributed by atoms with van der Waals surface area (Å²) in [6, 6.07) is 0. The van der Waals surface area contributed by atoms with E-state index in [1.54, 1.807) is 0 Å². The number of rotatable bonds is 60. The average Bonchev–Trinajstić information content (AvgIpc) is 3.64. The maximum atomic E-state index is 12.9. The maximum absolute atomic E-state index is 12.9. The number of carbonyl (C=O) groups excluding carboxylic acids is 3. The summed E-state index contributed by atoms with van der Waals surface area (Å²) in [5.74, 6) is -2.38. The number of esters is 2. The van der Waals surface area contributed by atoms with Gasteiger partial charge in [0.2, 0.25) is 0 Å². The number of quaternary nitrogens is 1. The Morgan fingerprint density at radius 1 is 0.337 bits per heavy atom. The van der Waals surface area contributed by atoms with Gasteiger partial charge in [-0.2, -0.15) is 0 Å². The number of likely N-dealkylation sites (N-methyl/N-ethyl adjacent to an activating group) is 1. The number of allylic oxidation sites excluding steroid dienone is 34. The van der Waals surface area contributed by atoms with Gasteiger partial charge in [0.15, 0.2) is 12.4 Å². The van der Waals surface area contributed by atoms with Gasteiger partial charge in [-0.25, -0.2) is 0 Å². The van der Waals surface area contributed by atoms with Crippen molar-refractivity contribution >= 4 is 17.9 Å². The largest absolute Gasteiger partial charge is 0.545 e. The highest BCUT2D eigenvalue weighted by molar-refractivity contribution is 5.70. The zero-order valence-corrected chi connectivity index (χ0v) is 56.5. The fraction of sp³-hybridized carbons (Fsp3) is 0.537. The van der Waals surface area contributed by atoms with Crippen LogP contribution in [-0.2, 0) is 33.3 Å². The lowest BCUT2D eigenvalue weighted by molar-refractivity contribution is -0.870. The fourth-order valence-corrected chi connectivity index (χ4v) is 8.37. The molecule has 0 aromatic heterocycles. The van der Waals surface area contributed by atoms with Crippen molar-refractivity contribution in [1.29, 1.82) is 0 Å². The van der Waals surface area contributed by atoms with Crippen LogP contribution in [0.3, 0.4) is 0 Å². The van der Waals surface area contributed by atoms with E-state index in [4.69, 9.17) is 18.9 Å². The van der Waals surface area contributed by atoms with E-state index < -0.39 is 24.3 Å². The molecule has 2 atom stereocenters. The second-order valence-electron chi connectivity index (χ2n) is 23.0. The zero-order chi connectivity index (χ0) is 64.7. The first-order valence-corrected chi connectivity index (χ1v) is 34.2. The molecule has 0 aliphatic heterocycles. The molecule has 0 aliphatic rings. The molecule has 0 radical (unpaired) electrons. The van der Waals surface area contributed by atoms with Gasteiger partial charge >= 0.3 is 11.9 Å². The predicted octanol–water partition coefficient (Wildman–Crippen LogP) is 20.2. The van der Waals surface area contributed by atoms with Crippen molar-refractivity contribution in [2.45, 2.75) is 232 Å². The van der Waals surface area contributed by atoms with E-state index in [0.29, 0.717) is 23.9 Å². The summed E-state index contributed by atoms with van der Waals surface area (Å²) in [5.41, 5.74) is 0. The first-order chi connectivity index (χ1) is 43.6. The number of carboxylic acids is 1. The minimum Gasteiger partial charge on any atom is -0.545 e. The Morgan fingerprint density at radius 3 is 0.921 bits per heavy atom. The lowest BCUT2D eigenvalue weighted by Crippen LogP contribution is -2.44. The lowest BCUT2D eigenvalue weighted by atomic mass is 10.1. The Balaban J connectivity index is 4.33. The highest BCUT2D eigenvalue weighted by atomic mass is 16.7. The van der Waals surface area contributed by atoms with E-state index >= 15 is 0 Å². The van der Waals surface area contributed by atoms with Crippen molar-refractivity contribution in [3.8, 4) is 0 Å². The van der Waals surface area contributed by atoms with Crippen LogP contribution in [0, 0.1) is 0 Å². The van der Waals surface area contributed by atoms with Crippen molar-refractivity contribution in [1.82, 2.24) is 0 Å². The zero-order valence-electron chi connectivity index (χ0n) is 56.5. The summed E-state index contributed by atoms with van der Waals surface area (Å²) in [6.07, 6.45) is 103. The number of aliphatic carboxylic acids is 1. The van der Waals surface area contributed by atoms with E-state index in [9.17, 15) is 19.5 Å². The van der Waals surface area contributed by atoms with Crippen LogP contribution in [0.25, 0.3) is 0 Å². The highest BCUT2D eigenvalue weighted by Gasteiger charge is 2.22. The van der Waals surface area contributed by atoms with Crippen LogP contribution in [0.5, 0.6) is 0 Å². The summed E-state index contributed by atoms with van der Waals surface area (Å²) in [5, 5.41) is 11.8. The molecule has 0 saturated carbocycles. The van der Waals surface area contributed by atoms with Gasteiger partial charge in [-0.1, -0.05) is 265 Å². The molecule has 0 heterocycles. The van der Waals surface area contributed by atoms with Crippen molar-refractivity contribution in [3.05, 3.63) is 207 Å². The maximum Gasteiger partial charge on any atom is 0.306 e. The first kappa shape index (κ1) is 82.9. The van der Waals surface area contributed by atoms with Crippen LogP contribution >= 0.6 is 0 Å². The Kier molecular flexibility index (Phi) is 63.1. The van der Waals surface area contributed by atoms with Crippen LogP contribution in [0.2, 0.25) is 0 Å². The van der Waals surface area contributed by atoms with Crippen molar-refractivity contribution in [2.75, 3.05) is 47.5 Å². The molecule has 0 saturated heterocycles. The van der Waals surface area contributed by atoms with Gasteiger partial charge in [-0.15, -0.1) is 0 Å². The second-order valence-corrected chi connectivity index (χ2v) is 23.0. The van der Waals surface area contributed by atoms with E-state index in [1.807, 2.05) is 21.1 Å². The Labute approximate surface area is 544 Å². The molecule has 2 unspecified atom stereocenters. The molecule has 0 aliphatic carbocycles. The van der Waals surface area contributed by atoms with Gasteiger partial charge in [0.05, 0.1) is 40.3 Å². The molecule has 0 aromatic rings. The molecule has 0 spiro atoms. The third kappa shape index (κ3) is 69.2. The SMILES string of the molecule is CC/C=C\C/C=C\C/C=C\C/C=C\C/C=C\C/C=C\C/C=C\C/C=C\C/C=C\C/C=C\CCCCC(=O)OC(COC(=O)CCCCCCCCCCC/C=C\C/C=C\C/C=C\C/C=C\C/C=C\C/C=C\C/C=C\CC)COC(OCC[N+](C)(C)C)C(=O)[O-]. The monoisotopic (exact) mass is 1230 g/mol. The number of nitrogens with zero attached hydrogens (tertiary/aromatic N) is 1. The van der Waals surface area contributed by atoms with Gasteiger partial charge in [0, 0.05) is 12.8 Å². The van der Waals surface area contributed by atoms with E-state index in [-0.39, 0.29) is 38.6 Å². The summed E-state index contributed by atoms with van der Waals surface area (Å²) in [6.45, 7) is 4.43. The molecule has 0 aromatic carbocycles. The van der Waals surface area contributed by atoms with E-state index in [2.05, 4.69) is 220 Å². The van der Waals surface area contributed by atoms with Crippen molar-refractivity contribution < 1.29 is 42.9 Å². The Bertz CT molecular complexity index is 2210. The standard InChI is InChI=1S/C80H123NO8/c1-6-8-10-12-14-16-18-20-22-24-26-28-30-32-34-36-38-39-41-43-45-47-49-51-53-55-57-59-61-63-65-67-69-71-78(83)89-76(75-88-80(79(84)85)86-73-72-81(3,4)5)74-87-77(82)70-68-66-64-62-60-58-56-54-52-50-48-46-44-42-40-37-35-33-31-29-27-25-23-21-19-17-15-13-11-9-7-2/h8-11,14-17,20-23,26-29,32-35,38-40,42-43,45-46,48-49,51,55,57,61,63,76,80H,6-7,12-13,18-19,24-25,30-31,36-37,41,44,47,50,52-54,56,58-60,62,64-75H2,1-5H3/b10-8-,11-9-,16-14-,17-15-,22-20-,23-21-,28-26-,29-27-,34-32-,35-33-,39-38-,42-40-,45-43-,48-46-,51-49-,57-55-,63-61-. The van der Waals surface area contributed by atoms with Crippen molar-refractivity contribution in [3.63, 3.8) is 0 Å². The molecule has 496 valence electrons. The summed E-state index contributed by atoms with van der Waals surface area (Å²) in [7, 11) is 5.89. The molecule has 0 amide bonds. The lowest BCUT2D eigenvalue weighted by Gasteiger charge is -2.26. The third-order valence-electron chi connectivity index (χ3n) is 13.5. The summed E-state index contributed by atoms with van der Waals surface area (Å²) >= 11 is 0. The number of unbranched alkanes of at least 4 members (excludes halogenated alkanes) is 11. The molecular formula is C80H123NO8. The minimum absolute atomic E-state index is 0.126. The smallest absolute Gasteiger partial charge is 0.306 e. The van der Waals surface area contributed by atoms with Gasteiger partial charge in [-0.3, -0.25) is 9.59 Å². The summed E-state index contributed by atoms with van der Waals surface area (Å²) < 4.78 is 22.7. The average molecular weight is 1230 g/mol. The molecular weight excluding hydrogens is 1100 g/mol. The van der Waals surface area contributed by atoms with Gasteiger partial charge < -0.3 is 33.3 Å². The number of carboxylic acid groups (broad SMARTS) is 1. The Morgan fingerprint density at radius 2 is 0.607 bits per heavy atom. The predicted molar refractivity (Wildman–Crippen MR) is 379 cm³/mol. The number of carbonyl (C=O) groups is 3. The normalized spacial score (nSPS) is 14.0. The molecule has 0 N–H and O–H groups in total. The molecule has 0 bridgehead atoms.